The van der Waals surface area contributed by atoms with Crippen molar-refractivity contribution < 1.29 is 9.59 Å². The third-order valence-corrected chi connectivity index (χ3v) is 4.66. The minimum Gasteiger partial charge on any atom is -0.369 e. The number of amides is 2. The molecule has 1 aromatic carbocycles. The Bertz CT molecular complexity index is 605. The Kier molecular flexibility index (Phi) is 4.36. The zero-order chi connectivity index (χ0) is 15.7. The molecule has 3 rings (SSSR count). The average molecular weight is 322 g/mol. The number of nitrogens with zero attached hydrogens (tertiary/aromatic N) is 1. The molecule has 0 bridgehead atoms. The van der Waals surface area contributed by atoms with Gasteiger partial charge in [-0.1, -0.05) is 17.7 Å². The first-order valence-corrected chi connectivity index (χ1v) is 8.04. The van der Waals surface area contributed by atoms with Crippen molar-refractivity contribution in [2.75, 3.05) is 24.5 Å². The zero-order valence-electron chi connectivity index (χ0n) is 12.6. The summed E-state index contributed by atoms with van der Waals surface area (Å²) in [7, 11) is 0. The normalized spacial score (nSPS) is 26.0. The lowest BCUT2D eigenvalue weighted by atomic mass is 9.90. The largest absolute Gasteiger partial charge is 0.369 e. The van der Waals surface area contributed by atoms with Gasteiger partial charge in [-0.2, -0.15) is 0 Å². The van der Waals surface area contributed by atoms with Crippen LogP contribution in [0.3, 0.4) is 0 Å². The van der Waals surface area contributed by atoms with Crippen LogP contribution in [0, 0.1) is 0 Å². The smallest absolute Gasteiger partial charge is 0.234 e. The number of hydrogen-bond donors (Lipinski definition) is 2. The van der Waals surface area contributed by atoms with Crippen LogP contribution in [0.5, 0.6) is 0 Å². The van der Waals surface area contributed by atoms with E-state index in [0.717, 1.165) is 30.9 Å². The van der Waals surface area contributed by atoms with E-state index in [2.05, 4.69) is 22.5 Å². The fraction of sp³-hybridized carbons (Fsp3) is 0.500. The third-order valence-electron chi connectivity index (χ3n) is 4.33. The van der Waals surface area contributed by atoms with Crippen LogP contribution in [-0.2, 0) is 9.59 Å². The predicted octanol–water partition coefficient (Wildman–Crippen LogP) is 1.66. The first-order chi connectivity index (χ1) is 10.5. The number of hydrogen-bond acceptors (Lipinski definition) is 4. The average Bonchev–Trinajstić information content (AvgIpc) is 2.48. The lowest BCUT2D eigenvalue weighted by molar-refractivity contribution is -0.134. The first-order valence-electron chi connectivity index (χ1n) is 7.66. The molecule has 2 saturated heterocycles. The van der Waals surface area contributed by atoms with Gasteiger partial charge in [0.25, 0.3) is 0 Å². The van der Waals surface area contributed by atoms with E-state index in [9.17, 15) is 9.59 Å². The Morgan fingerprint density at radius 3 is 2.82 bits per heavy atom. The van der Waals surface area contributed by atoms with Gasteiger partial charge in [0.1, 0.15) is 0 Å². The molecule has 0 saturated carbocycles. The van der Waals surface area contributed by atoms with Crippen molar-refractivity contribution >= 4 is 29.1 Å². The van der Waals surface area contributed by atoms with Crippen LogP contribution < -0.4 is 15.5 Å². The Morgan fingerprint density at radius 1 is 1.32 bits per heavy atom. The Hall–Kier alpha value is -1.59. The van der Waals surface area contributed by atoms with Crippen LogP contribution in [0.4, 0.5) is 5.69 Å². The van der Waals surface area contributed by atoms with Gasteiger partial charge in [-0.15, -0.1) is 0 Å². The van der Waals surface area contributed by atoms with Crippen LogP contribution in [0.25, 0.3) is 0 Å². The van der Waals surface area contributed by atoms with Crippen molar-refractivity contribution in [1.29, 1.82) is 0 Å². The van der Waals surface area contributed by atoms with E-state index in [1.54, 1.807) is 0 Å². The molecular weight excluding hydrogens is 302 g/mol. The highest BCUT2D eigenvalue weighted by molar-refractivity contribution is 6.32. The van der Waals surface area contributed by atoms with Crippen molar-refractivity contribution in [2.45, 2.75) is 31.7 Å². The summed E-state index contributed by atoms with van der Waals surface area (Å²) in [5.41, 5.74) is 1.88. The fourth-order valence-electron chi connectivity index (χ4n) is 3.15. The molecule has 2 atom stereocenters. The van der Waals surface area contributed by atoms with E-state index < -0.39 is 0 Å². The summed E-state index contributed by atoms with van der Waals surface area (Å²) in [5.74, 6) is -0.785. The van der Waals surface area contributed by atoms with Crippen molar-refractivity contribution in [1.82, 2.24) is 10.6 Å². The standard InChI is InChI=1S/C16H20ClN3O2/c1-10-9-20(7-6-18-10)11-2-3-12(14(17)8-11)13-4-5-15(21)19-16(13)22/h2-3,8,10,13,18H,4-7,9H2,1H3,(H,19,21,22)/t10-,13?/m1/s1. The molecule has 5 nitrogen and oxygen atoms in total. The topological polar surface area (TPSA) is 61.4 Å². The monoisotopic (exact) mass is 321 g/mol. The van der Waals surface area contributed by atoms with Crippen LogP contribution >= 0.6 is 11.6 Å². The van der Waals surface area contributed by atoms with Crippen LogP contribution in [-0.4, -0.2) is 37.5 Å². The van der Waals surface area contributed by atoms with Crippen molar-refractivity contribution in [3.05, 3.63) is 28.8 Å². The van der Waals surface area contributed by atoms with Gasteiger partial charge in [-0.3, -0.25) is 14.9 Å². The van der Waals surface area contributed by atoms with Gasteiger partial charge in [0, 0.05) is 42.8 Å². The number of halogens is 1. The van der Waals surface area contributed by atoms with Gasteiger partial charge in [-0.05, 0) is 31.0 Å². The summed E-state index contributed by atoms with van der Waals surface area (Å²) < 4.78 is 0. The summed E-state index contributed by atoms with van der Waals surface area (Å²) in [5, 5.41) is 6.39. The molecule has 1 aromatic rings. The molecule has 0 spiro atoms. The van der Waals surface area contributed by atoms with Crippen LogP contribution in [0.2, 0.25) is 5.02 Å². The molecule has 0 aliphatic carbocycles. The highest BCUT2D eigenvalue weighted by Crippen LogP contribution is 2.33. The second-order valence-electron chi connectivity index (χ2n) is 6.01. The zero-order valence-corrected chi connectivity index (χ0v) is 13.3. The molecule has 22 heavy (non-hydrogen) atoms. The lowest BCUT2D eigenvalue weighted by Crippen LogP contribution is -2.49. The number of piperidine rings is 1. The number of carbonyl (C=O) groups excluding carboxylic acids is 2. The van der Waals surface area contributed by atoms with Crippen molar-refractivity contribution in [3.8, 4) is 0 Å². The molecule has 2 aliphatic heterocycles. The molecule has 2 heterocycles. The molecule has 2 fully saturated rings. The SMILES string of the molecule is C[C@@H]1CN(c2ccc(C3CCC(=O)NC3=O)c(Cl)c2)CCN1. The summed E-state index contributed by atoms with van der Waals surface area (Å²) in [6.45, 7) is 4.99. The highest BCUT2D eigenvalue weighted by Gasteiger charge is 2.29. The molecule has 2 N–H and O–H groups in total. The number of imide groups is 1. The third kappa shape index (κ3) is 3.10. The molecule has 0 aromatic heterocycles. The van der Waals surface area contributed by atoms with Crippen molar-refractivity contribution in [2.24, 2.45) is 0 Å². The quantitative estimate of drug-likeness (QED) is 0.813. The number of rotatable bonds is 2. The van der Waals surface area contributed by atoms with Crippen molar-refractivity contribution in [3.63, 3.8) is 0 Å². The predicted molar refractivity (Wildman–Crippen MR) is 86.3 cm³/mol. The second-order valence-corrected chi connectivity index (χ2v) is 6.42. The van der Waals surface area contributed by atoms with Gasteiger partial charge >= 0.3 is 0 Å². The Morgan fingerprint density at radius 2 is 2.14 bits per heavy atom. The van der Waals surface area contributed by atoms with Gasteiger partial charge in [-0.25, -0.2) is 0 Å². The molecular formula is C16H20ClN3O2. The van der Waals surface area contributed by atoms with Gasteiger partial charge in [0.15, 0.2) is 0 Å². The maximum atomic E-state index is 12.0. The van der Waals surface area contributed by atoms with Gasteiger partial charge < -0.3 is 10.2 Å². The molecule has 1 unspecified atom stereocenters. The molecule has 0 radical (unpaired) electrons. The summed E-state index contributed by atoms with van der Waals surface area (Å²) in [6.07, 6.45) is 0.887. The minimum atomic E-state index is -0.332. The first kappa shape index (κ1) is 15.3. The number of benzene rings is 1. The fourth-order valence-corrected chi connectivity index (χ4v) is 3.46. The number of anilines is 1. The number of nitrogens with one attached hydrogen (secondary N) is 2. The van der Waals surface area contributed by atoms with E-state index in [1.165, 1.54) is 0 Å². The van der Waals surface area contributed by atoms with E-state index in [4.69, 9.17) is 11.6 Å². The van der Waals surface area contributed by atoms with Crippen LogP contribution in [0.1, 0.15) is 31.2 Å². The summed E-state index contributed by atoms with van der Waals surface area (Å²) in [4.78, 5) is 25.5. The van der Waals surface area contributed by atoms with E-state index >= 15 is 0 Å². The highest BCUT2D eigenvalue weighted by atomic mass is 35.5. The van der Waals surface area contributed by atoms with E-state index in [1.807, 2.05) is 18.2 Å². The van der Waals surface area contributed by atoms with Crippen LogP contribution in [0.15, 0.2) is 18.2 Å². The minimum absolute atomic E-state index is 0.205. The maximum Gasteiger partial charge on any atom is 0.234 e. The second kappa shape index (κ2) is 6.26. The van der Waals surface area contributed by atoms with E-state index in [-0.39, 0.29) is 17.7 Å². The Labute approximate surface area is 135 Å². The molecule has 6 heteroatoms. The molecule has 2 aliphatic rings. The summed E-state index contributed by atoms with van der Waals surface area (Å²) in [6, 6.07) is 6.31. The van der Waals surface area contributed by atoms with Gasteiger partial charge in [0.2, 0.25) is 11.8 Å². The number of piperazine rings is 1. The summed E-state index contributed by atoms with van der Waals surface area (Å²) >= 11 is 6.41. The molecule has 2 amide bonds. The van der Waals surface area contributed by atoms with Gasteiger partial charge in [0.05, 0.1) is 5.92 Å². The maximum absolute atomic E-state index is 12.0. The van der Waals surface area contributed by atoms with E-state index in [0.29, 0.717) is 23.9 Å². The molecule has 118 valence electrons. The Balaban J connectivity index is 1.80. The number of carbonyl (C=O) groups is 2. The lowest BCUT2D eigenvalue weighted by Gasteiger charge is -2.34.